The lowest BCUT2D eigenvalue weighted by Crippen LogP contribution is -2.38. The number of carbonyl (C=O) groups excluding carboxylic acids is 2. The number of rotatable bonds is 11. The van der Waals surface area contributed by atoms with Gasteiger partial charge < -0.3 is 14.4 Å². The van der Waals surface area contributed by atoms with Crippen molar-refractivity contribution in [3.05, 3.63) is 83.4 Å². The first kappa shape index (κ1) is 28.2. The first-order valence-electron chi connectivity index (χ1n) is 13.4. The summed E-state index contributed by atoms with van der Waals surface area (Å²) in [7, 11) is 0. The molecular weight excluding hydrogens is 462 g/mol. The van der Waals surface area contributed by atoms with Crippen LogP contribution in [0.25, 0.3) is 10.8 Å². The summed E-state index contributed by atoms with van der Waals surface area (Å²) < 4.78 is 11.1. The van der Waals surface area contributed by atoms with Crippen LogP contribution in [-0.2, 0) is 20.7 Å². The van der Waals surface area contributed by atoms with Gasteiger partial charge in [0.1, 0.15) is 0 Å². The van der Waals surface area contributed by atoms with E-state index in [1.165, 1.54) is 11.1 Å². The molecule has 0 aromatic heterocycles. The molecule has 3 aromatic rings. The Morgan fingerprint density at radius 3 is 2.30 bits per heavy atom. The van der Waals surface area contributed by atoms with Crippen LogP contribution in [0.3, 0.4) is 0 Å². The Morgan fingerprint density at radius 1 is 0.865 bits per heavy atom. The molecule has 0 aliphatic carbocycles. The fourth-order valence-corrected chi connectivity index (χ4v) is 4.86. The van der Waals surface area contributed by atoms with Crippen molar-refractivity contribution in [3.8, 4) is 0 Å². The standard InChI is InChI=1S/C32H41NO4/c1-22(2)20-24(4)31(34)36-26(6)37-32(35)33(19-11-14-27-13-9-12-23(3)21-27)25(5)29-18-10-16-28-15-7-8-17-30(28)29/h7-10,12-13,15-18,21-22,24-26H,11,14,19-20H2,1-6H3/t24?,25-,26?/m1/s1. The second kappa shape index (κ2) is 13.3. The molecule has 0 N–H and O–H groups in total. The Kier molecular flexibility index (Phi) is 10.1. The number of benzene rings is 3. The zero-order chi connectivity index (χ0) is 26.9. The Morgan fingerprint density at radius 2 is 1.57 bits per heavy atom. The van der Waals surface area contributed by atoms with Gasteiger partial charge in [-0.1, -0.05) is 93.1 Å². The molecule has 0 saturated heterocycles. The zero-order valence-corrected chi connectivity index (χ0v) is 23.1. The second-order valence-electron chi connectivity index (χ2n) is 10.4. The lowest BCUT2D eigenvalue weighted by molar-refractivity contribution is -0.171. The maximum absolute atomic E-state index is 13.4. The molecule has 0 saturated carbocycles. The van der Waals surface area contributed by atoms with E-state index in [1.807, 2.05) is 32.0 Å². The van der Waals surface area contributed by atoms with Gasteiger partial charge in [-0.15, -0.1) is 0 Å². The Balaban J connectivity index is 1.76. The van der Waals surface area contributed by atoms with Crippen molar-refractivity contribution in [1.29, 1.82) is 0 Å². The van der Waals surface area contributed by atoms with Gasteiger partial charge in [0.25, 0.3) is 0 Å². The van der Waals surface area contributed by atoms with E-state index in [0.29, 0.717) is 12.5 Å². The molecule has 198 valence electrons. The van der Waals surface area contributed by atoms with E-state index in [9.17, 15) is 9.59 Å². The highest BCUT2D eigenvalue weighted by atomic mass is 16.7. The predicted molar refractivity (Wildman–Crippen MR) is 149 cm³/mol. The molecule has 37 heavy (non-hydrogen) atoms. The first-order valence-corrected chi connectivity index (χ1v) is 13.4. The third-order valence-corrected chi connectivity index (χ3v) is 6.70. The zero-order valence-electron chi connectivity index (χ0n) is 23.1. The van der Waals surface area contributed by atoms with Crippen LogP contribution in [0.2, 0.25) is 0 Å². The van der Waals surface area contributed by atoms with Crippen LogP contribution >= 0.6 is 0 Å². The van der Waals surface area contributed by atoms with E-state index >= 15 is 0 Å². The highest BCUT2D eigenvalue weighted by Crippen LogP contribution is 2.29. The lowest BCUT2D eigenvalue weighted by atomic mass is 9.98. The van der Waals surface area contributed by atoms with Gasteiger partial charge in [0.05, 0.1) is 12.0 Å². The molecule has 0 bridgehead atoms. The van der Waals surface area contributed by atoms with Crippen molar-refractivity contribution in [2.45, 2.75) is 73.1 Å². The van der Waals surface area contributed by atoms with Gasteiger partial charge in [-0.05, 0) is 60.9 Å². The topological polar surface area (TPSA) is 55.8 Å². The van der Waals surface area contributed by atoms with Gasteiger partial charge in [-0.3, -0.25) is 4.79 Å². The SMILES string of the molecule is Cc1cccc(CCCN(C(=O)OC(C)OC(=O)C(C)CC(C)C)[C@H](C)c2cccc3ccccc23)c1. The number of ether oxygens (including phenoxy) is 2. The highest BCUT2D eigenvalue weighted by Gasteiger charge is 2.27. The van der Waals surface area contributed by atoms with Gasteiger partial charge in [0, 0.05) is 13.5 Å². The minimum atomic E-state index is -0.964. The molecule has 2 unspecified atom stereocenters. The monoisotopic (exact) mass is 503 g/mol. The number of esters is 1. The van der Waals surface area contributed by atoms with Crippen molar-refractivity contribution in [1.82, 2.24) is 4.90 Å². The van der Waals surface area contributed by atoms with Crippen LogP contribution < -0.4 is 0 Å². The van der Waals surface area contributed by atoms with Gasteiger partial charge in [-0.25, -0.2) is 4.79 Å². The molecule has 3 atom stereocenters. The molecule has 0 aliphatic heterocycles. The molecule has 0 spiro atoms. The molecule has 3 rings (SSSR count). The molecular formula is C32H41NO4. The molecule has 3 aromatic carbocycles. The molecule has 0 heterocycles. The Labute approximate surface area is 221 Å². The summed E-state index contributed by atoms with van der Waals surface area (Å²) in [5.74, 6) is -0.214. The van der Waals surface area contributed by atoms with E-state index in [-0.39, 0.29) is 17.9 Å². The number of carbonyl (C=O) groups is 2. The summed E-state index contributed by atoms with van der Waals surface area (Å²) in [5.41, 5.74) is 3.52. The minimum absolute atomic E-state index is 0.223. The smallest absolute Gasteiger partial charge is 0.413 e. The van der Waals surface area contributed by atoms with Crippen LogP contribution in [-0.4, -0.2) is 29.8 Å². The average molecular weight is 504 g/mol. The van der Waals surface area contributed by atoms with Gasteiger partial charge in [-0.2, -0.15) is 0 Å². The van der Waals surface area contributed by atoms with Crippen LogP contribution in [0.15, 0.2) is 66.7 Å². The van der Waals surface area contributed by atoms with Crippen molar-refractivity contribution < 1.29 is 19.1 Å². The van der Waals surface area contributed by atoms with Crippen molar-refractivity contribution in [2.24, 2.45) is 11.8 Å². The summed E-state index contributed by atoms with van der Waals surface area (Å²) in [5, 5.41) is 2.23. The number of hydrogen-bond acceptors (Lipinski definition) is 4. The summed E-state index contributed by atoms with van der Waals surface area (Å²) in [4.78, 5) is 27.7. The molecule has 0 radical (unpaired) electrons. The third kappa shape index (κ3) is 8.08. The van der Waals surface area contributed by atoms with Crippen molar-refractivity contribution in [2.75, 3.05) is 6.54 Å². The summed E-state index contributed by atoms with van der Waals surface area (Å²) in [6, 6.07) is 22.6. The van der Waals surface area contributed by atoms with Gasteiger partial charge in [0.15, 0.2) is 0 Å². The van der Waals surface area contributed by atoms with Crippen LogP contribution in [0, 0.1) is 18.8 Å². The molecule has 0 aliphatic rings. The largest absolute Gasteiger partial charge is 0.425 e. The van der Waals surface area contributed by atoms with Crippen LogP contribution in [0.5, 0.6) is 0 Å². The highest BCUT2D eigenvalue weighted by molar-refractivity contribution is 5.86. The van der Waals surface area contributed by atoms with E-state index in [1.54, 1.807) is 11.8 Å². The second-order valence-corrected chi connectivity index (χ2v) is 10.4. The van der Waals surface area contributed by atoms with E-state index in [0.717, 1.165) is 35.6 Å². The van der Waals surface area contributed by atoms with Crippen LogP contribution in [0.4, 0.5) is 4.79 Å². The maximum Gasteiger partial charge on any atom is 0.413 e. The number of aryl methyl sites for hydroxylation is 2. The van der Waals surface area contributed by atoms with Gasteiger partial charge in [0.2, 0.25) is 6.29 Å². The fraction of sp³-hybridized carbons (Fsp3) is 0.438. The average Bonchev–Trinajstić information content (AvgIpc) is 2.85. The third-order valence-electron chi connectivity index (χ3n) is 6.70. The Bertz CT molecular complexity index is 1180. The number of nitrogens with zero attached hydrogens (tertiary/aromatic N) is 1. The van der Waals surface area contributed by atoms with Crippen LogP contribution in [0.1, 0.15) is 70.2 Å². The summed E-state index contributed by atoms with van der Waals surface area (Å²) >= 11 is 0. The first-order chi connectivity index (χ1) is 17.7. The molecule has 5 heteroatoms. The summed E-state index contributed by atoms with van der Waals surface area (Å²) in [6.45, 7) is 12.2. The molecule has 1 amide bonds. The van der Waals surface area contributed by atoms with E-state index in [2.05, 4.69) is 69.3 Å². The molecule has 0 fully saturated rings. The number of fused-ring (bicyclic) bond motifs is 1. The summed E-state index contributed by atoms with van der Waals surface area (Å²) in [6.07, 6.45) is 0.913. The predicted octanol–water partition coefficient (Wildman–Crippen LogP) is 7.85. The van der Waals surface area contributed by atoms with Gasteiger partial charge >= 0.3 is 12.1 Å². The minimum Gasteiger partial charge on any atom is -0.425 e. The lowest BCUT2D eigenvalue weighted by Gasteiger charge is -2.31. The Hall–Kier alpha value is -3.34. The van der Waals surface area contributed by atoms with E-state index < -0.39 is 12.4 Å². The van der Waals surface area contributed by atoms with Crippen molar-refractivity contribution in [3.63, 3.8) is 0 Å². The number of hydrogen-bond donors (Lipinski definition) is 0. The van der Waals surface area contributed by atoms with Crippen molar-refractivity contribution >= 4 is 22.8 Å². The maximum atomic E-state index is 13.4. The molecule has 5 nitrogen and oxygen atoms in total. The quantitative estimate of drug-likeness (QED) is 0.197. The fourth-order valence-electron chi connectivity index (χ4n) is 4.86. The normalized spacial score (nSPS) is 13.7. The van der Waals surface area contributed by atoms with E-state index in [4.69, 9.17) is 9.47 Å². The number of amides is 1.